The Kier molecular flexibility index (Phi) is 5.48. The van der Waals surface area contributed by atoms with E-state index in [0.29, 0.717) is 11.1 Å². The van der Waals surface area contributed by atoms with Gasteiger partial charge in [0.25, 0.3) is 0 Å². The molecule has 0 spiro atoms. The highest BCUT2D eigenvalue weighted by Gasteiger charge is 2.39. The van der Waals surface area contributed by atoms with Gasteiger partial charge >= 0.3 is 0 Å². The highest BCUT2D eigenvalue weighted by atomic mass is 32.1. The molecule has 0 aliphatic heterocycles. The Hall–Kier alpha value is -4.61. The van der Waals surface area contributed by atoms with Crippen molar-refractivity contribution in [1.29, 1.82) is 0 Å². The minimum atomic E-state index is -0.286. The lowest BCUT2D eigenvalue weighted by Gasteiger charge is -2.28. The molecule has 0 fully saturated rings. The molecule has 0 atom stereocenters. The van der Waals surface area contributed by atoms with Crippen molar-refractivity contribution >= 4 is 46.0 Å². The van der Waals surface area contributed by atoms with E-state index in [1.165, 1.54) is 23.3 Å². The van der Waals surface area contributed by atoms with Crippen molar-refractivity contribution in [3.63, 3.8) is 0 Å². The van der Waals surface area contributed by atoms with Crippen LogP contribution in [-0.4, -0.2) is 11.6 Å². The topological polar surface area (TPSA) is 37.4 Å². The van der Waals surface area contributed by atoms with Gasteiger partial charge in [-0.1, -0.05) is 62.4 Å². The summed E-state index contributed by atoms with van der Waals surface area (Å²) in [6, 6.07) is 32.2. The zero-order chi connectivity index (χ0) is 27.6. The summed E-state index contributed by atoms with van der Waals surface area (Å²) in [6.45, 7) is 4.41. The van der Waals surface area contributed by atoms with Crippen molar-refractivity contribution in [3.8, 4) is 10.4 Å². The smallest absolute Gasteiger partial charge is 0.197 e. The Morgan fingerprint density at radius 2 is 1.27 bits per heavy atom. The number of carbonyl (C=O) groups excluding carboxylic acids is 2. The van der Waals surface area contributed by atoms with E-state index in [9.17, 15) is 14.0 Å². The van der Waals surface area contributed by atoms with Crippen molar-refractivity contribution in [2.45, 2.75) is 19.3 Å². The number of hydrogen-bond acceptors (Lipinski definition) is 4. The van der Waals surface area contributed by atoms with Crippen LogP contribution < -0.4 is 4.90 Å². The summed E-state index contributed by atoms with van der Waals surface area (Å²) in [7, 11) is 0. The van der Waals surface area contributed by atoms with Crippen LogP contribution in [0.15, 0.2) is 109 Å². The zero-order valence-corrected chi connectivity index (χ0v) is 22.8. The van der Waals surface area contributed by atoms with Gasteiger partial charge in [0.1, 0.15) is 5.82 Å². The number of halogens is 1. The van der Waals surface area contributed by atoms with Crippen LogP contribution in [0, 0.1) is 5.82 Å². The van der Waals surface area contributed by atoms with Gasteiger partial charge in [0, 0.05) is 43.4 Å². The highest BCUT2D eigenvalue weighted by Crippen LogP contribution is 2.54. The van der Waals surface area contributed by atoms with Crippen LogP contribution in [0.25, 0.3) is 16.5 Å². The lowest BCUT2D eigenvalue weighted by Crippen LogP contribution is -2.16. The predicted octanol–water partition coefficient (Wildman–Crippen LogP) is 9.13. The summed E-state index contributed by atoms with van der Waals surface area (Å²) >= 11 is 1.61. The van der Waals surface area contributed by atoms with Gasteiger partial charge in [-0.05, 0) is 77.4 Å². The summed E-state index contributed by atoms with van der Waals surface area (Å²) in [5, 5.41) is 0. The number of fused-ring (bicyclic) bond motifs is 4. The maximum absolute atomic E-state index is 13.8. The number of Topliss-reactive ketones (excluding diaryl/α,β-unsaturated/α-hetero) is 2. The average molecular weight is 542 g/mol. The third kappa shape index (κ3) is 3.69. The molecule has 1 heterocycles. The summed E-state index contributed by atoms with van der Waals surface area (Å²) < 4.78 is 13.8. The Morgan fingerprint density at radius 3 is 1.95 bits per heavy atom. The molecule has 0 N–H and O–H groups in total. The quantitative estimate of drug-likeness (QED) is 0.168. The first-order chi connectivity index (χ1) is 19.3. The second-order valence-corrected chi connectivity index (χ2v) is 11.7. The fraction of sp³-hybridized carbons (Fsp3) is 0.0857. The molecule has 0 amide bonds. The van der Waals surface area contributed by atoms with E-state index in [2.05, 4.69) is 43.0 Å². The van der Waals surface area contributed by atoms with E-state index >= 15 is 0 Å². The van der Waals surface area contributed by atoms with E-state index in [0.717, 1.165) is 32.4 Å². The van der Waals surface area contributed by atoms with Crippen molar-refractivity contribution in [1.82, 2.24) is 0 Å². The standard InChI is InChI=1S/C35H24FNO2S/c1-35(2)30-18-24(37(22-8-4-3-5-9-22)23-14-12-21(36)13-15-23)16-17-28(30)34-31(35)20-25(40-34)19-29-32(38)26-10-6-7-11-27(26)33(29)39/h3-20H,1-2H3. The van der Waals surface area contributed by atoms with Crippen molar-refractivity contribution in [2.24, 2.45) is 0 Å². The van der Waals surface area contributed by atoms with E-state index < -0.39 is 0 Å². The summed E-state index contributed by atoms with van der Waals surface area (Å²) in [4.78, 5) is 30.1. The normalized spacial score (nSPS) is 14.6. The first-order valence-electron chi connectivity index (χ1n) is 13.1. The van der Waals surface area contributed by atoms with Crippen LogP contribution >= 0.6 is 11.3 Å². The summed E-state index contributed by atoms with van der Waals surface area (Å²) in [6.07, 6.45) is 1.75. The number of allylic oxidation sites excluding steroid dienone is 1. The van der Waals surface area contributed by atoms with Crippen LogP contribution in [0.3, 0.4) is 0 Å². The second kappa shape index (κ2) is 8.97. The number of benzene rings is 4. The largest absolute Gasteiger partial charge is 0.310 e. The maximum atomic E-state index is 13.8. The molecule has 0 bridgehead atoms. The zero-order valence-electron chi connectivity index (χ0n) is 21.9. The van der Waals surface area contributed by atoms with E-state index in [1.807, 2.05) is 30.3 Å². The van der Waals surface area contributed by atoms with Crippen LogP contribution in [0.4, 0.5) is 21.5 Å². The molecule has 0 saturated carbocycles. The number of rotatable bonds is 4. The second-order valence-electron chi connectivity index (χ2n) is 10.7. The molecule has 0 unspecified atom stereocenters. The lowest BCUT2D eigenvalue weighted by atomic mass is 9.82. The summed E-state index contributed by atoms with van der Waals surface area (Å²) in [5.41, 5.74) is 7.28. The molecular formula is C35H24FNO2S. The monoisotopic (exact) mass is 541 g/mol. The Balaban J connectivity index is 1.30. The van der Waals surface area contributed by atoms with Gasteiger partial charge in [0.15, 0.2) is 11.6 Å². The number of carbonyl (C=O) groups is 2. The number of hydrogen-bond donors (Lipinski definition) is 0. The number of ketones is 2. The van der Waals surface area contributed by atoms with Crippen molar-refractivity contribution in [2.75, 3.05) is 4.90 Å². The number of anilines is 3. The molecule has 7 rings (SSSR count). The van der Waals surface area contributed by atoms with E-state index in [1.54, 1.807) is 53.8 Å². The van der Waals surface area contributed by atoms with Crippen LogP contribution in [0.1, 0.15) is 50.6 Å². The number of para-hydroxylation sites is 1. The Labute approximate surface area is 235 Å². The maximum Gasteiger partial charge on any atom is 0.197 e. The minimum absolute atomic E-state index is 0.208. The molecule has 2 aliphatic rings. The number of thiophene rings is 1. The third-order valence-electron chi connectivity index (χ3n) is 7.90. The van der Waals surface area contributed by atoms with Gasteiger partial charge in [-0.2, -0.15) is 0 Å². The first-order valence-corrected chi connectivity index (χ1v) is 13.9. The molecule has 4 aromatic carbocycles. The summed E-state index contributed by atoms with van der Waals surface area (Å²) in [5.74, 6) is -0.688. The van der Waals surface area contributed by atoms with Crippen molar-refractivity contribution in [3.05, 3.63) is 142 Å². The molecule has 5 heteroatoms. The van der Waals surface area contributed by atoms with E-state index in [4.69, 9.17) is 0 Å². The molecule has 0 saturated heterocycles. The number of nitrogens with zero attached hydrogens (tertiary/aromatic N) is 1. The molecule has 194 valence electrons. The lowest BCUT2D eigenvalue weighted by molar-refractivity contribution is 0.0990. The first kappa shape index (κ1) is 24.4. The van der Waals surface area contributed by atoms with Gasteiger partial charge in [-0.3, -0.25) is 9.59 Å². The molecule has 2 aliphatic carbocycles. The van der Waals surface area contributed by atoms with Gasteiger partial charge in [-0.25, -0.2) is 4.39 Å². The molecule has 1 aromatic heterocycles. The fourth-order valence-corrected chi connectivity index (χ4v) is 7.14. The van der Waals surface area contributed by atoms with Gasteiger partial charge in [-0.15, -0.1) is 11.3 Å². The van der Waals surface area contributed by atoms with E-state index in [-0.39, 0.29) is 28.4 Å². The van der Waals surface area contributed by atoms with Gasteiger partial charge in [0.2, 0.25) is 0 Å². The Morgan fingerprint density at radius 1 is 0.675 bits per heavy atom. The van der Waals surface area contributed by atoms with Gasteiger partial charge in [0.05, 0.1) is 5.57 Å². The molecule has 5 aromatic rings. The third-order valence-corrected chi connectivity index (χ3v) is 9.01. The minimum Gasteiger partial charge on any atom is -0.310 e. The van der Waals surface area contributed by atoms with Crippen LogP contribution in [0.2, 0.25) is 0 Å². The predicted molar refractivity (Wildman–Crippen MR) is 160 cm³/mol. The van der Waals surface area contributed by atoms with Crippen LogP contribution in [0.5, 0.6) is 0 Å². The van der Waals surface area contributed by atoms with Crippen LogP contribution in [-0.2, 0) is 5.41 Å². The Bertz CT molecular complexity index is 1830. The van der Waals surface area contributed by atoms with Gasteiger partial charge < -0.3 is 4.90 Å². The molecule has 3 nitrogen and oxygen atoms in total. The molecule has 0 radical (unpaired) electrons. The molecular weight excluding hydrogens is 517 g/mol. The SMILES string of the molecule is CC1(C)c2cc(N(c3ccccc3)c3ccc(F)cc3)ccc2-c2sc(C=C3C(=O)c4ccccc4C3=O)cc21. The average Bonchev–Trinajstić information content (AvgIpc) is 3.57. The molecule has 40 heavy (non-hydrogen) atoms. The highest BCUT2D eigenvalue weighted by molar-refractivity contribution is 7.16. The fourth-order valence-electron chi connectivity index (χ4n) is 5.84. The van der Waals surface area contributed by atoms with Crippen molar-refractivity contribution < 1.29 is 14.0 Å².